The molecular formula is C38H73N7O6S. The van der Waals surface area contributed by atoms with Gasteiger partial charge in [0.05, 0.1) is 6.04 Å². The summed E-state index contributed by atoms with van der Waals surface area (Å²) in [6.45, 7) is 22.7. The number of likely N-dealkylation sites (N-methyl/N-ethyl adjacent to an activating group) is 4. The van der Waals surface area contributed by atoms with Gasteiger partial charge >= 0.3 is 0 Å². The molecule has 14 heteroatoms. The first-order valence-electron chi connectivity index (χ1n) is 18.8. The van der Waals surface area contributed by atoms with E-state index in [0.29, 0.717) is 6.54 Å². The van der Waals surface area contributed by atoms with Gasteiger partial charge in [-0.05, 0) is 61.0 Å². The molecular weight excluding hydrogens is 683 g/mol. The molecule has 0 rings (SSSR count). The van der Waals surface area contributed by atoms with Gasteiger partial charge in [-0.1, -0.05) is 83.1 Å². The lowest BCUT2D eigenvalue weighted by molar-refractivity contribution is -0.152. The summed E-state index contributed by atoms with van der Waals surface area (Å²) in [5.74, 6) is -2.84. The second-order valence-corrected chi connectivity index (χ2v) is 17.0. The summed E-state index contributed by atoms with van der Waals surface area (Å²) in [5, 5.41) is 11.7. The summed E-state index contributed by atoms with van der Waals surface area (Å²) in [5.41, 5.74) is 0. The molecule has 0 aromatic carbocycles. The maximum absolute atomic E-state index is 14.2. The van der Waals surface area contributed by atoms with E-state index >= 15 is 0 Å². The third-order valence-electron chi connectivity index (χ3n) is 9.52. The quantitative estimate of drug-likeness (QED) is 0.123. The van der Waals surface area contributed by atoms with Crippen LogP contribution in [0.25, 0.3) is 0 Å². The molecule has 302 valence electrons. The Kier molecular flexibility index (Phi) is 21.8. The fraction of sp³-hybridized carbons (Fsp3) is 0.842. The fourth-order valence-corrected chi connectivity index (χ4v) is 7.05. The number of hydrogen-bond donors (Lipinski definition) is 4. The normalized spacial score (nSPS) is 15.3. The number of nitrogens with zero attached hydrogens (tertiary/aromatic N) is 3. The second kappa shape index (κ2) is 23.0. The number of carbonyl (C=O) groups is 6. The smallest absolute Gasteiger partial charge is 0.246 e. The van der Waals surface area contributed by atoms with Crippen molar-refractivity contribution in [3.63, 3.8) is 0 Å². The molecule has 6 atom stereocenters. The van der Waals surface area contributed by atoms with Crippen LogP contribution in [0.4, 0.5) is 0 Å². The van der Waals surface area contributed by atoms with Crippen LogP contribution in [0.2, 0.25) is 0 Å². The van der Waals surface area contributed by atoms with Crippen LogP contribution in [0, 0.1) is 35.5 Å². The fourth-order valence-electron chi connectivity index (χ4n) is 6.62. The molecule has 52 heavy (non-hydrogen) atoms. The highest BCUT2D eigenvalue weighted by Gasteiger charge is 2.42. The predicted molar refractivity (Wildman–Crippen MR) is 211 cm³/mol. The van der Waals surface area contributed by atoms with E-state index in [1.54, 1.807) is 32.9 Å². The van der Waals surface area contributed by atoms with Gasteiger partial charge in [0.25, 0.3) is 0 Å². The van der Waals surface area contributed by atoms with Crippen LogP contribution in [0.3, 0.4) is 0 Å². The summed E-state index contributed by atoms with van der Waals surface area (Å²) in [6, 6.07) is -4.98. The van der Waals surface area contributed by atoms with E-state index in [4.69, 9.17) is 0 Å². The number of hydrogen-bond acceptors (Lipinski definition) is 8. The van der Waals surface area contributed by atoms with Crippen molar-refractivity contribution < 1.29 is 28.8 Å². The zero-order valence-electron chi connectivity index (χ0n) is 35.2. The van der Waals surface area contributed by atoms with Crippen LogP contribution in [-0.4, -0.2) is 133 Å². The van der Waals surface area contributed by atoms with Crippen LogP contribution in [0.15, 0.2) is 0 Å². The molecule has 0 aliphatic carbocycles. The van der Waals surface area contributed by atoms with Crippen LogP contribution in [0.1, 0.15) is 89.5 Å². The molecule has 0 aromatic heterocycles. The Hall–Kier alpha value is -2.87. The van der Waals surface area contributed by atoms with Crippen LogP contribution >= 0.6 is 11.8 Å². The van der Waals surface area contributed by atoms with Crippen molar-refractivity contribution in [2.24, 2.45) is 35.5 Å². The third-order valence-corrected chi connectivity index (χ3v) is 10.2. The summed E-state index contributed by atoms with van der Waals surface area (Å²) < 4.78 is 0. The van der Waals surface area contributed by atoms with E-state index in [2.05, 4.69) is 21.3 Å². The topological polar surface area (TPSA) is 160 Å². The summed E-state index contributed by atoms with van der Waals surface area (Å²) >= 11 is 1.70. The molecule has 0 radical (unpaired) electrons. The first kappa shape index (κ1) is 49.1. The van der Waals surface area contributed by atoms with Crippen molar-refractivity contribution in [1.82, 2.24) is 36.0 Å². The maximum atomic E-state index is 14.2. The Morgan fingerprint density at radius 2 is 0.865 bits per heavy atom. The van der Waals surface area contributed by atoms with E-state index in [-0.39, 0.29) is 53.2 Å². The molecule has 13 nitrogen and oxygen atoms in total. The van der Waals surface area contributed by atoms with E-state index < -0.39 is 54.0 Å². The monoisotopic (exact) mass is 756 g/mol. The largest absolute Gasteiger partial charge is 0.354 e. The van der Waals surface area contributed by atoms with Crippen LogP contribution in [-0.2, 0) is 28.8 Å². The summed E-state index contributed by atoms with van der Waals surface area (Å²) in [7, 11) is 6.38. The van der Waals surface area contributed by atoms with E-state index in [9.17, 15) is 28.8 Å². The Morgan fingerprint density at radius 3 is 1.23 bits per heavy atom. The highest BCUT2D eigenvalue weighted by Crippen LogP contribution is 2.21. The Labute approximate surface area is 319 Å². The van der Waals surface area contributed by atoms with Gasteiger partial charge in [-0.15, -0.1) is 0 Å². The summed E-state index contributed by atoms with van der Waals surface area (Å²) in [4.78, 5) is 86.8. The number of amides is 6. The molecule has 0 aromatic rings. The zero-order valence-corrected chi connectivity index (χ0v) is 36.1. The van der Waals surface area contributed by atoms with Gasteiger partial charge in [0, 0.05) is 27.7 Å². The number of carbonyl (C=O) groups excluding carboxylic acids is 6. The lowest BCUT2D eigenvalue weighted by Crippen LogP contribution is -2.63. The lowest BCUT2D eigenvalue weighted by Gasteiger charge is -2.39. The molecule has 0 spiro atoms. The van der Waals surface area contributed by atoms with E-state index in [1.165, 1.54) is 21.7 Å². The highest BCUT2D eigenvalue weighted by atomic mass is 32.2. The molecule has 0 unspecified atom stereocenters. The molecule has 0 saturated carbocycles. The van der Waals surface area contributed by atoms with Gasteiger partial charge in [0.15, 0.2) is 0 Å². The van der Waals surface area contributed by atoms with Crippen LogP contribution < -0.4 is 21.3 Å². The minimum absolute atomic E-state index is 0.00905. The predicted octanol–water partition coefficient (Wildman–Crippen LogP) is 2.83. The molecule has 0 aliphatic heterocycles. The Balaban J connectivity index is 6.34. The van der Waals surface area contributed by atoms with E-state index in [1.807, 2.05) is 89.3 Å². The van der Waals surface area contributed by atoms with Gasteiger partial charge in [0.2, 0.25) is 35.4 Å². The number of thioether (sulfide) groups is 1. The third kappa shape index (κ3) is 13.8. The van der Waals surface area contributed by atoms with Gasteiger partial charge in [-0.3, -0.25) is 28.8 Å². The molecule has 0 bridgehead atoms. The van der Waals surface area contributed by atoms with Crippen molar-refractivity contribution in [2.75, 3.05) is 46.7 Å². The first-order chi connectivity index (χ1) is 24.0. The van der Waals surface area contributed by atoms with Crippen molar-refractivity contribution >= 4 is 47.2 Å². The van der Waals surface area contributed by atoms with Crippen molar-refractivity contribution in [1.29, 1.82) is 0 Å². The molecule has 6 amide bonds. The summed E-state index contributed by atoms with van der Waals surface area (Å²) in [6.07, 6.45) is 2.82. The second-order valence-electron chi connectivity index (χ2n) is 16.0. The Bertz CT molecular complexity index is 1180. The SMILES string of the molecule is CN[C@H](C(=O)N[C@H](C(=O)N(C)[C@H](C(=O)N[C@H](C(=O)N(C)[C@H](C(=O)N(C)[C@H](C(=O)NCCCSC)C(C)C)C(C)C)C(C)C)C(C)C)C(C)C)C(C)C. The molecule has 0 saturated heterocycles. The van der Waals surface area contributed by atoms with Crippen molar-refractivity contribution in [3.05, 3.63) is 0 Å². The zero-order chi connectivity index (χ0) is 40.8. The molecule has 0 heterocycles. The maximum Gasteiger partial charge on any atom is 0.246 e. The van der Waals surface area contributed by atoms with Crippen molar-refractivity contribution in [3.8, 4) is 0 Å². The van der Waals surface area contributed by atoms with E-state index in [0.717, 1.165) is 12.2 Å². The van der Waals surface area contributed by atoms with Gasteiger partial charge in [0.1, 0.15) is 30.2 Å². The van der Waals surface area contributed by atoms with Crippen molar-refractivity contribution in [2.45, 2.75) is 126 Å². The van der Waals surface area contributed by atoms with Gasteiger partial charge in [-0.25, -0.2) is 0 Å². The first-order valence-corrected chi connectivity index (χ1v) is 20.2. The minimum atomic E-state index is -1.01. The van der Waals surface area contributed by atoms with Gasteiger partial charge < -0.3 is 36.0 Å². The lowest BCUT2D eigenvalue weighted by atomic mass is 9.94. The average Bonchev–Trinajstić information content (AvgIpc) is 3.03. The molecule has 0 fully saturated rings. The average molecular weight is 756 g/mol. The van der Waals surface area contributed by atoms with Gasteiger partial charge in [-0.2, -0.15) is 11.8 Å². The molecule has 0 aliphatic rings. The van der Waals surface area contributed by atoms with Crippen LogP contribution in [0.5, 0.6) is 0 Å². The number of rotatable bonds is 22. The highest BCUT2D eigenvalue weighted by molar-refractivity contribution is 7.98. The Morgan fingerprint density at radius 1 is 0.500 bits per heavy atom. The molecule has 4 N–H and O–H groups in total. The number of nitrogens with one attached hydrogen (secondary N) is 4. The standard InChI is InChI=1S/C38H73N7O6S/c1-21(2)27(39-13)33(46)41-28(22(3)4)36(49)43(14)31(25(9)10)35(48)42-29(23(5)6)37(50)45(16)32(26(11)12)38(51)44(15)30(24(7)8)34(47)40-19-18-20-52-17/h21-32,39H,18-20H2,1-17H3,(H,40,47)(H,41,46)(H,42,48)/t27-,28-,29-,30-,31-,32-/m0/s1. The minimum Gasteiger partial charge on any atom is -0.354 e.